The Morgan fingerprint density at radius 2 is 2.00 bits per heavy atom. The van der Waals surface area contributed by atoms with E-state index in [0.29, 0.717) is 13.2 Å². The summed E-state index contributed by atoms with van der Waals surface area (Å²) in [6, 6.07) is 7.85. The van der Waals surface area contributed by atoms with Gasteiger partial charge in [-0.25, -0.2) is 0 Å². The molecule has 0 N–H and O–H groups in total. The van der Waals surface area contributed by atoms with Gasteiger partial charge in [0.1, 0.15) is 12.0 Å². The van der Waals surface area contributed by atoms with Gasteiger partial charge in [0.25, 0.3) is 0 Å². The van der Waals surface area contributed by atoms with Crippen LogP contribution in [0.4, 0.5) is 0 Å². The molecule has 1 aromatic carbocycles. The quantitative estimate of drug-likeness (QED) is 0.403. The van der Waals surface area contributed by atoms with Crippen LogP contribution in [0.1, 0.15) is 25.3 Å². The van der Waals surface area contributed by atoms with Crippen molar-refractivity contribution in [3.8, 4) is 5.75 Å². The van der Waals surface area contributed by atoms with Crippen molar-refractivity contribution in [3.63, 3.8) is 0 Å². The first kappa shape index (κ1) is 14.5. The van der Waals surface area contributed by atoms with E-state index >= 15 is 0 Å². The van der Waals surface area contributed by atoms with Crippen LogP contribution in [0, 0.1) is 0 Å². The molecule has 18 heavy (non-hydrogen) atoms. The van der Waals surface area contributed by atoms with Crippen LogP contribution in [0.2, 0.25) is 0 Å². The molecule has 3 heteroatoms. The number of methoxy groups -OCH3 is 1. The molecule has 0 unspecified atom stereocenters. The molecule has 0 aliphatic heterocycles. The highest BCUT2D eigenvalue weighted by Gasteiger charge is 1.95. The van der Waals surface area contributed by atoms with Gasteiger partial charge in [-0.15, -0.1) is 0 Å². The summed E-state index contributed by atoms with van der Waals surface area (Å²) in [5.74, 6) is 0.855. The maximum atomic E-state index is 10.2. The second-order valence-corrected chi connectivity index (χ2v) is 4.15. The van der Waals surface area contributed by atoms with E-state index < -0.39 is 0 Å². The Hall–Kier alpha value is -1.61. The molecule has 0 bridgehead atoms. The average molecular weight is 248 g/mol. The second-order valence-electron chi connectivity index (χ2n) is 4.15. The number of ether oxygens (including phenoxy) is 2. The zero-order chi connectivity index (χ0) is 13.2. The minimum Gasteiger partial charge on any atom is -0.497 e. The van der Waals surface area contributed by atoms with Gasteiger partial charge in [-0.05, 0) is 43.5 Å². The molecule has 0 spiro atoms. The molecule has 0 saturated heterocycles. The number of hydrogen-bond acceptors (Lipinski definition) is 3. The Bertz CT molecular complexity index is 379. The maximum Gasteiger partial charge on any atom is 0.142 e. The van der Waals surface area contributed by atoms with E-state index in [4.69, 9.17) is 9.47 Å². The zero-order valence-electron chi connectivity index (χ0n) is 11.0. The fourth-order valence-corrected chi connectivity index (χ4v) is 1.56. The third kappa shape index (κ3) is 5.64. The zero-order valence-corrected chi connectivity index (χ0v) is 11.0. The van der Waals surface area contributed by atoms with Crippen molar-refractivity contribution in [2.24, 2.45) is 0 Å². The van der Waals surface area contributed by atoms with E-state index in [1.165, 1.54) is 0 Å². The van der Waals surface area contributed by atoms with Crippen LogP contribution in [0.25, 0.3) is 0 Å². The highest BCUT2D eigenvalue weighted by Crippen LogP contribution is 2.12. The Balaban J connectivity index is 2.17. The summed E-state index contributed by atoms with van der Waals surface area (Å²) in [6.07, 6.45) is 4.27. The molecule has 0 amide bonds. The summed E-state index contributed by atoms with van der Waals surface area (Å²) in [5.41, 5.74) is 2.23. The van der Waals surface area contributed by atoms with Gasteiger partial charge in [-0.3, -0.25) is 4.79 Å². The van der Waals surface area contributed by atoms with Crippen molar-refractivity contribution >= 4 is 6.29 Å². The first-order valence-electron chi connectivity index (χ1n) is 6.08. The van der Waals surface area contributed by atoms with Crippen molar-refractivity contribution in [1.82, 2.24) is 0 Å². The molecule has 0 atom stereocenters. The predicted molar refractivity (Wildman–Crippen MR) is 71.7 cm³/mol. The highest BCUT2D eigenvalue weighted by molar-refractivity contribution is 5.65. The third-order valence-corrected chi connectivity index (χ3v) is 2.64. The fraction of sp³-hybridized carbons (Fsp3) is 0.400. The topological polar surface area (TPSA) is 35.5 Å². The van der Waals surface area contributed by atoms with Crippen molar-refractivity contribution in [2.75, 3.05) is 13.7 Å². The summed E-state index contributed by atoms with van der Waals surface area (Å²) in [5, 5.41) is 0. The minimum absolute atomic E-state index is 0.612. The van der Waals surface area contributed by atoms with Crippen LogP contribution in [-0.2, 0) is 16.1 Å². The van der Waals surface area contributed by atoms with Crippen molar-refractivity contribution in [2.45, 2.75) is 26.4 Å². The van der Waals surface area contributed by atoms with E-state index in [-0.39, 0.29) is 0 Å². The third-order valence-electron chi connectivity index (χ3n) is 2.64. The monoisotopic (exact) mass is 248 g/mol. The maximum absolute atomic E-state index is 10.2. The molecule has 3 nitrogen and oxygen atoms in total. The number of allylic oxidation sites excluding steroid dienone is 2. The van der Waals surface area contributed by atoms with E-state index in [1.54, 1.807) is 13.2 Å². The first-order valence-corrected chi connectivity index (χ1v) is 6.08. The summed E-state index contributed by atoms with van der Waals surface area (Å²) < 4.78 is 10.7. The predicted octanol–water partition coefficient (Wildman–Crippen LogP) is 3.14. The summed E-state index contributed by atoms with van der Waals surface area (Å²) in [7, 11) is 1.65. The smallest absolute Gasteiger partial charge is 0.142 e. The molecule has 0 aromatic heterocycles. The summed E-state index contributed by atoms with van der Waals surface area (Å²) in [4.78, 5) is 10.2. The molecule has 98 valence electrons. The lowest BCUT2D eigenvalue weighted by atomic mass is 10.1. The number of carbonyl (C=O) groups is 1. The van der Waals surface area contributed by atoms with E-state index in [0.717, 1.165) is 36.0 Å². The lowest BCUT2D eigenvalue weighted by Gasteiger charge is -2.05. The molecule has 1 rings (SSSR count). The van der Waals surface area contributed by atoms with Crippen LogP contribution in [0.15, 0.2) is 35.9 Å². The van der Waals surface area contributed by atoms with Gasteiger partial charge < -0.3 is 9.47 Å². The number of hydrogen-bond donors (Lipinski definition) is 0. The van der Waals surface area contributed by atoms with Crippen LogP contribution in [0.5, 0.6) is 5.75 Å². The molecular formula is C15H20O3. The lowest BCUT2D eigenvalue weighted by molar-refractivity contribution is -0.104. The second kappa shape index (κ2) is 8.48. The fourth-order valence-electron chi connectivity index (χ4n) is 1.56. The van der Waals surface area contributed by atoms with Crippen molar-refractivity contribution in [1.29, 1.82) is 0 Å². The minimum atomic E-state index is 0.612. The van der Waals surface area contributed by atoms with Gasteiger partial charge in [0.15, 0.2) is 0 Å². The normalized spacial score (nSPS) is 11.3. The van der Waals surface area contributed by atoms with E-state index in [1.807, 2.05) is 31.2 Å². The van der Waals surface area contributed by atoms with Gasteiger partial charge >= 0.3 is 0 Å². The SMILES string of the molecule is COc1ccc(COCCC/C(C)=C\C=O)cc1. The Morgan fingerprint density at radius 3 is 2.61 bits per heavy atom. The number of aldehydes is 1. The van der Waals surface area contributed by atoms with E-state index in [9.17, 15) is 4.79 Å². The Labute approximate surface area is 108 Å². The van der Waals surface area contributed by atoms with E-state index in [2.05, 4.69) is 0 Å². The number of benzene rings is 1. The standard InChI is InChI=1S/C15H20O3/c1-13(9-10-16)4-3-11-18-12-14-5-7-15(17-2)8-6-14/h5-10H,3-4,11-12H2,1-2H3/b13-9-. The molecule has 0 saturated carbocycles. The molecule has 0 radical (unpaired) electrons. The summed E-state index contributed by atoms with van der Waals surface area (Å²) in [6.45, 7) is 3.27. The Kier molecular flexibility index (Phi) is 6.81. The molecule has 0 heterocycles. The first-order chi connectivity index (χ1) is 8.76. The average Bonchev–Trinajstić information content (AvgIpc) is 2.39. The molecule has 0 aliphatic carbocycles. The van der Waals surface area contributed by atoms with Crippen molar-refractivity contribution in [3.05, 3.63) is 41.5 Å². The van der Waals surface area contributed by atoms with Gasteiger partial charge in [-0.1, -0.05) is 17.7 Å². The molecule has 0 aliphatic rings. The number of carbonyl (C=O) groups excluding carboxylic acids is 1. The molecular weight excluding hydrogens is 228 g/mol. The van der Waals surface area contributed by atoms with Crippen LogP contribution < -0.4 is 4.74 Å². The van der Waals surface area contributed by atoms with Crippen LogP contribution in [-0.4, -0.2) is 20.0 Å². The van der Waals surface area contributed by atoms with Gasteiger partial charge in [-0.2, -0.15) is 0 Å². The van der Waals surface area contributed by atoms with Gasteiger partial charge in [0.2, 0.25) is 0 Å². The Morgan fingerprint density at radius 1 is 1.28 bits per heavy atom. The summed E-state index contributed by atoms with van der Waals surface area (Å²) >= 11 is 0. The van der Waals surface area contributed by atoms with Gasteiger partial charge in [0.05, 0.1) is 13.7 Å². The van der Waals surface area contributed by atoms with Crippen molar-refractivity contribution < 1.29 is 14.3 Å². The lowest BCUT2D eigenvalue weighted by Crippen LogP contribution is -1.96. The van der Waals surface area contributed by atoms with Crippen LogP contribution in [0.3, 0.4) is 0 Å². The van der Waals surface area contributed by atoms with Crippen LogP contribution >= 0.6 is 0 Å². The number of rotatable bonds is 8. The van der Waals surface area contributed by atoms with Gasteiger partial charge in [0, 0.05) is 6.61 Å². The largest absolute Gasteiger partial charge is 0.497 e. The molecule has 0 fully saturated rings. The molecule has 1 aromatic rings. The highest BCUT2D eigenvalue weighted by atomic mass is 16.5.